The highest BCUT2D eigenvalue weighted by Crippen LogP contribution is 2.54. The van der Waals surface area contributed by atoms with Gasteiger partial charge in [0, 0.05) is 13.5 Å². The molecule has 2 aliphatic rings. The van der Waals surface area contributed by atoms with E-state index in [0.717, 1.165) is 0 Å². The maximum Gasteiger partial charge on any atom is 0.415 e. The number of amides is 1. The number of aliphatic hydroxyl groups is 1. The van der Waals surface area contributed by atoms with E-state index in [1.165, 1.54) is 52.3 Å². The molecular weight excluding hydrogens is 534 g/mol. The predicted molar refractivity (Wildman–Crippen MR) is 146 cm³/mol. The highest BCUT2D eigenvalue weighted by Gasteiger charge is 2.50. The summed E-state index contributed by atoms with van der Waals surface area (Å²) in [7, 11) is 1.67. The summed E-state index contributed by atoms with van der Waals surface area (Å²) >= 11 is 0. The number of nitrogens with zero attached hydrogens (tertiary/aromatic N) is 4. The molecule has 3 unspecified atom stereocenters. The van der Waals surface area contributed by atoms with Crippen LogP contribution in [0.1, 0.15) is 71.3 Å². The Kier molecular flexibility index (Phi) is 8.22. The first-order valence-electron chi connectivity index (χ1n) is 13.4. The van der Waals surface area contributed by atoms with Crippen LogP contribution in [0.15, 0.2) is 65.4 Å². The number of allylic oxidation sites excluding steroid dienone is 2. The van der Waals surface area contributed by atoms with Gasteiger partial charge in [-0.05, 0) is 76.5 Å². The first-order chi connectivity index (χ1) is 19.1. The van der Waals surface area contributed by atoms with Crippen LogP contribution in [0.4, 0.5) is 13.6 Å². The molecule has 1 aromatic heterocycles. The number of aliphatic hydroxyl groups excluding tert-OH is 1. The Bertz CT molecular complexity index is 1410. The zero-order valence-electron chi connectivity index (χ0n) is 24.3. The van der Waals surface area contributed by atoms with E-state index in [0.29, 0.717) is 22.5 Å². The second-order valence-corrected chi connectivity index (χ2v) is 12.1. The van der Waals surface area contributed by atoms with Crippen molar-refractivity contribution in [2.75, 3.05) is 6.61 Å². The van der Waals surface area contributed by atoms with Gasteiger partial charge in [-0.15, -0.1) is 0 Å². The molecular formula is C30H36F2N4O5. The maximum absolute atomic E-state index is 15.4. The maximum atomic E-state index is 15.4. The summed E-state index contributed by atoms with van der Waals surface area (Å²) in [6, 6.07) is 4.63. The fourth-order valence-electron chi connectivity index (χ4n) is 5.25. The molecule has 11 heteroatoms. The van der Waals surface area contributed by atoms with E-state index >= 15 is 4.39 Å². The average Bonchev–Trinajstić information content (AvgIpc) is 3.26. The van der Waals surface area contributed by atoms with Crippen molar-refractivity contribution in [3.8, 4) is 0 Å². The van der Waals surface area contributed by atoms with Crippen molar-refractivity contribution in [3.05, 3.63) is 82.6 Å². The van der Waals surface area contributed by atoms with Crippen LogP contribution in [0, 0.1) is 11.7 Å². The standard InChI is InChI=1S/C30H36F2N4O5/c1-29(2,3)40-27(38)21-14-19(32)15-22-23(21)20(12-13-37)24(26-33-16-34-35(26)7)25(17-8-10-18(31)11-9-17)36(22)28(39)41-30(4,5)6/h8-12,15-16,21,24-25,37H,13-14H2,1-7H3/b20-12-. The van der Waals surface area contributed by atoms with Gasteiger partial charge in [-0.2, -0.15) is 5.10 Å². The summed E-state index contributed by atoms with van der Waals surface area (Å²) in [5.41, 5.74) is -0.441. The van der Waals surface area contributed by atoms with E-state index < -0.39 is 59.4 Å². The van der Waals surface area contributed by atoms with Gasteiger partial charge < -0.3 is 14.6 Å². The normalized spacial score (nSPS) is 22.4. The van der Waals surface area contributed by atoms with E-state index in [-0.39, 0.29) is 12.1 Å². The van der Waals surface area contributed by atoms with Crippen molar-refractivity contribution in [1.29, 1.82) is 0 Å². The van der Waals surface area contributed by atoms with Crippen molar-refractivity contribution in [1.82, 2.24) is 19.7 Å². The first kappa shape index (κ1) is 30.1. The summed E-state index contributed by atoms with van der Waals surface area (Å²) in [5.74, 6) is -3.35. The van der Waals surface area contributed by atoms with Crippen LogP contribution in [-0.2, 0) is 21.3 Å². The van der Waals surface area contributed by atoms with Gasteiger partial charge in [-0.25, -0.2) is 18.6 Å². The Morgan fingerprint density at radius 1 is 1.07 bits per heavy atom. The lowest BCUT2D eigenvalue weighted by atomic mass is 9.71. The molecule has 220 valence electrons. The number of halogens is 2. The first-order valence-corrected chi connectivity index (χ1v) is 13.4. The molecule has 0 radical (unpaired) electrons. The monoisotopic (exact) mass is 570 g/mol. The molecule has 1 N–H and O–H groups in total. The number of esters is 1. The van der Waals surface area contributed by atoms with Crippen molar-refractivity contribution < 1.29 is 33.0 Å². The second-order valence-electron chi connectivity index (χ2n) is 12.1. The van der Waals surface area contributed by atoms with Gasteiger partial charge in [0.15, 0.2) is 0 Å². The molecule has 0 saturated carbocycles. The highest BCUT2D eigenvalue weighted by molar-refractivity contribution is 5.83. The second kappa shape index (κ2) is 11.2. The summed E-state index contributed by atoms with van der Waals surface area (Å²) in [6.45, 7) is 9.82. The molecule has 1 aliphatic carbocycles. The van der Waals surface area contributed by atoms with Crippen molar-refractivity contribution in [2.24, 2.45) is 13.0 Å². The highest BCUT2D eigenvalue weighted by atomic mass is 19.1. The van der Waals surface area contributed by atoms with E-state index in [4.69, 9.17) is 9.47 Å². The molecule has 1 aliphatic heterocycles. The van der Waals surface area contributed by atoms with Crippen LogP contribution >= 0.6 is 0 Å². The minimum atomic E-state index is -1.14. The van der Waals surface area contributed by atoms with Gasteiger partial charge in [-0.1, -0.05) is 18.2 Å². The number of hydrogen-bond donors (Lipinski definition) is 1. The fourth-order valence-corrected chi connectivity index (χ4v) is 5.25. The van der Waals surface area contributed by atoms with Crippen molar-refractivity contribution in [2.45, 2.75) is 71.1 Å². The number of aromatic nitrogens is 3. The summed E-state index contributed by atoms with van der Waals surface area (Å²) in [5, 5.41) is 14.4. The molecule has 0 spiro atoms. The molecule has 0 saturated heterocycles. The quantitative estimate of drug-likeness (QED) is 0.490. The largest absolute Gasteiger partial charge is 0.459 e. The molecule has 2 heterocycles. The van der Waals surface area contributed by atoms with Crippen molar-refractivity contribution in [3.63, 3.8) is 0 Å². The Hall–Kier alpha value is -3.86. The number of carbonyl (C=O) groups excluding carboxylic acids is 2. The molecule has 3 atom stereocenters. The minimum absolute atomic E-state index is 0.0892. The molecule has 1 amide bonds. The lowest BCUT2D eigenvalue weighted by molar-refractivity contribution is -0.158. The van der Waals surface area contributed by atoms with Gasteiger partial charge in [-0.3, -0.25) is 14.4 Å². The topological polar surface area (TPSA) is 107 Å². The number of ether oxygens (including phenoxy) is 2. The van der Waals surface area contributed by atoms with Crippen molar-refractivity contribution >= 4 is 12.1 Å². The number of hydrogen-bond acceptors (Lipinski definition) is 7. The SMILES string of the molecule is Cn1ncnc1C1/C(=C\CO)C2=C(C=C(F)CC2C(=O)OC(C)(C)C)N(C(=O)OC(C)(C)C)C1c1ccc(F)cc1. The van der Waals surface area contributed by atoms with E-state index in [1.807, 2.05) is 0 Å². The van der Waals surface area contributed by atoms with Gasteiger partial charge in [0.25, 0.3) is 0 Å². The lowest BCUT2D eigenvalue weighted by Crippen LogP contribution is -2.47. The molecule has 1 aromatic carbocycles. The molecule has 9 nitrogen and oxygen atoms in total. The van der Waals surface area contributed by atoms with E-state index in [9.17, 15) is 19.1 Å². The number of benzene rings is 1. The lowest BCUT2D eigenvalue weighted by Gasteiger charge is -2.46. The number of aryl methyl sites for hydroxylation is 1. The van der Waals surface area contributed by atoms with Crippen LogP contribution in [-0.4, -0.2) is 54.6 Å². The average molecular weight is 571 g/mol. The third-order valence-electron chi connectivity index (χ3n) is 6.65. The predicted octanol–water partition coefficient (Wildman–Crippen LogP) is 5.42. The van der Waals surface area contributed by atoms with Crippen LogP contribution in [0.3, 0.4) is 0 Å². The number of rotatable bonds is 4. The molecule has 41 heavy (non-hydrogen) atoms. The molecule has 4 rings (SSSR count). The van der Waals surface area contributed by atoms with Gasteiger partial charge in [0.1, 0.15) is 35.0 Å². The molecule has 2 aromatic rings. The Labute approximate surface area is 238 Å². The zero-order chi connectivity index (χ0) is 30.3. The third-order valence-corrected chi connectivity index (χ3v) is 6.65. The Morgan fingerprint density at radius 2 is 1.71 bits per heavy atom. The third kappa shape index (κ3) is 6.40. The van der Waals surface area contributed by atoms with Crippen LogP contribution in [0.2, 0.25) is 0 Å². The summed E-state index contributed by atoms with van der Waals surface area (Å²) < 4.78 is 42.5. The zero-order valence-corrected chi connectivity index (χ0v) is 24.3. The van der Waals surface area contributed by atoms with E-state index in [1.54, 1.807) is 48.6 Å². The van der Waals surface area contributed by atoms with Crippen LogP contribution in [0.5, 0.6) is 0 Å². The Balaban J connectivity index is 2.08. The smallest absolute Gasteiger partial charge is 0.415 e. The fraction of sp³-hybridized carbons (Fsp3) is 0.467. The van der Waals surface area contributed by atoms with Crippen LogP contribution in [0.25, 0.3) is 0 Å². The minimum Gasteiger partial charge on any atom is -0.459 e. The number of carbonyl (C=O) groups is 2. The molecule has 0 bridgehead atoms. The van der Waals surface area contributed by atoms with Gasteiger partial charge >= 0.3 is 12.1 Å². The Morgan fingerprint density at radius 3 is 2.24 bits per heavy atom. The summed E-state index contributed by atoms with van der Waals surface area (Å²) in [4.78, 5) is 33.3. The molecule has 0 fully saturated rings. The van der Waals surface area contributed by atoms with Crippen LogP contribution < -0.4 is 0 Å². The van der Waals surface area contributed by atoms with E-state index in [2.05, 4.69) is 10.1 Å². The summed E-state index contributed by atoms with van der Waals surface area (Å²) in [6.07, 6.45) is 2.97. The van der Waals surface area contributed by atoms with Gasteiger partial charge in [0.05, 0.1) is 30.2 Å². The van der Waals surface area contributed by atoms with Gasteiger partial charge in [0.2, 0.25) is 0 Å².